The monoisotopic (exact) mass is 423 g/mol. The average molecular weight is 425 g/mol. The summed E-state index contributed by atoms with van der Waals surface area (Å²) in [7, 11) is 0. The van der Waals surface area contributed by atoms with E-state index >= 15 is 0 Å². The lowest BCUT2D eigenvalue weighted by Gasteiger charge is -2.20. The minimum absolute atomic E-state index is 0.0691. The third kappa shape index (κ3) is 4.52. The van der Waals surface area contributed by atoms with Gasteiger partial charge in [0, 0.05) is 35.0 Å². The third-order valence-electron chi connectivity index (χ3n) is 3.65. The second-order valence-corrected chi connectivity index (χ2v) is 6.78. The van der Waals surface area contributed by atoms with E-state index < -0.39 is 0 Å². The van der Waals surface area contributed by atoms with Crippen molar-refractivity contribution in [3.8, 4) is 11.5 Å². The number of carbonyl (C=O) groups is 2. The number of hydrogen-bond donors (Lipinski definition) is 1. The summed E-state index contributed by atoms with van der Waals surface area (Å²) in [6, 6.07) is 10.3. The molecule has 25 heavy (non-hydrogen) atoms. The zero-order valence-corrected chi connectivity index (χ0v) is 15.5. The quantitative estimate of drug-likeness (QED) is 0.719. The van der Waals surface area contributed by atoms with Gasteiger partial charge in [0.25, 0.3) is 0 Å². The molecule has 0 fully saturated rings. The van der Waals surface area contributed by atoms with Gasteiger partial charge in [-0.2, -0.15) is 0 Å². The first kappa shape index (κ1) is 17.8. The molecule has 0 saturated carbocycles. The molecule has 0 radical (unpaired) electrons. The summed E-state index contributed by atoms with van der Waals surface area (Å²) in [6.07, 6.45) is 0.190. The molecule has 0 spiro atoms. The van der Waals surface area contributed by atoms with E-state index in [2.05, 4.69) is 21.2 Å². The number of ether oxygens (including phenoxy) is 2. The molecule has 130 valence electrons. The predicted molar refractivity (Wildman–Crippen MR) is 98.8 cm³/mol. The standard InChI is InChI=1S/C18H15BrClNO4/c19-12-3-1-11(2-4-12)15(22)5-6-18(23)21-14-10-17-16(9-13(14)20)24-7-8-25-17/h1-4,9-10H,5-8H2,(H,21,23). The van der Waals surface area contributed by atoms with Crippen molar-refractivity contribution in [3.05, 3.63) is 51.5 Å². The summed E-state index contributed by atoms with van der Waals surface area (Å²) < 4.78 is 11.8. The molecule has 2 aromatic rings. The topological polar surface area (TPSA) is 64.6 Å². The fourth-order valence-electron chi connectivity index (χ4n) is 2.38. The Morgan fingerprint density at radius 3 is 2.36 bits per heavy atom. The molecule has 2 aromatic carbocycles. The van der Waals surface area contributed by atoms with E-state index in [1.807, 2.05) is 0 Å². The fourth-order valence-corrected chi connectivity index (χ4v) is 2.84. The Morgan fingerprint density at radius 2 is 1.68 bits per heavy atom. The minimum Gasteiger partial charge on any atom is -0.486 e. The molecule has 0 bridgehead atoms. The Labute approximate surface area is 158 Å². The Hall–Kier alpha value is -2.05. The lowest BCUT2D eigenvalue weighted by Crippen LogP contribution is -2.17. The van der Waals surface area contributed by atoms with Gasteiger partial charge < -0.3 is 14.8 Å². The van der Waals surface area contributed by atoms with Gasteiger partial charge >= 0.3 is 0 Å². The number of amides is 1. The fraction of sp³-hybridized carbons (Fsp3) is 0.222. The number of rotatable bonds is 5. The summed E-state index contributed by atoms with van der Waals surface area (Å²) in [5.41, 5.74) is 1.01. The van der Waals surface area contributed by atoms with Gasteiger partial charge in [-0.05, 0) is 12.1 Å². The summed E-state index contributed by atoms with van der Waals surface area (Å²) in [6.45, 7) is 0.914. The maximum atomic E-state index is 12.1. The second-order valence-electron chi connectivity index (χ2n) is 5.45. The normalized spacial score (nSPS) is 12.6. The lowest BCUT2D eigenvalue weighted by atomic mass is 10.1. The number of anilines is 1. The zero-order valence-electron chi connectivity index (χ0n) is 13.2. The number of benzene rings is 2. The lowest BCUT2D eigenvalue weighted by molar-refractivity contribution is -0.116. The van der Waals surface area contributed by atoms with Crippen LogP contribution in [0.25, 0.3) is 0 Å². The molecule has 0 aromatic heterocycles. The van der Waals surface area contributed by atoms with Crippen LogP contribution in [-0.2, 0) is 4.79 Å². The molecule has 1 aliphatic heterocycles. The first-order valence-corrected chi connectivity index (χ1v) is 8.88. The minimum atomic E-state index is -0.288. The van der Waals surface area contributed by atoms with Crippen LogP contribution >= 0.6 is 27.5 Å². The van der Waals surface area contributed by atoms with Crippen molar-refractivity contribution in [1.82, 2.24) is 0 Å². The van der Waals surface area contributed by atoms with Crippen molar-refractivity contribution < 1.29 is 19.1 Å². The van der Waals surface area contributed by atoms with Crippen LogP contribution in [0.5, 0.6) is 11.5 Å². The van der Waals surface area contributed by atoms with Crippen LogP contribution in [-0.4, -0.2) is 24.9 Å². The molecule has 5 nitrogen and oxygen atoms in total. The Balaban J connectivity index is 1.59. The molecule has 3 rings (SSSR count). The molecule has 1 heterocycles. The predicted octanol–water partition coefficient (Wildman–Crippen LogP) is 4.48. The third-order valence-corrected chi connectivity index (χ3v) is 4.49. The summed E-state index contributed by atoms with van der Waals surface area (Å²) in [4.78, 5) is 24.2. The number of nitrogens with one attached hydrogen (secondary N) is 1. The zero-order chi connectivity index (χ0) is 17.8. The van der Waals surface area contributed by atoms with Gasteiger partial charge in [0.15, 0.2) is 17.3 Å². The molecule has 1 aliphatic rings. The van der Waals surface area contributed by atoms with Gasteiger partial charge in [-0.15, -0.1) is 0 Å². The van der Waals surface area contributed by atoms with Gasteiger partial charge in [-0.3, -0.25) is 9.59 Å². The van der Waals surface area contributed by atoms with Crippen molar-refractivity contribution in [1.29, 1.82) is 0 Å². The highest BCUT2D eigenvalue weighted by Gasteiger charge is 2.17. The number of fused-ring (bicyclic) bond motifs is 1. The molecule has 0 aliphatic carbocycles. The highest BCUT2D eigenvalue weighted by atomic mass is 79.9. The molecular weight excluding hydrogens is 410 g/mol. The van der Waals surface area contributed by atoms with Crippen LogP contribution < -0.4 is 14.8 Å². The van der Waals surface area contributed by atoms with E-state index in [1.54, 1.807) is 36.4 Å². The number of carbonyl (C=O) groups excluding carboxylic acids is 2. The van der Waals surface area contributed by atoms with Crippen LogP contribution in [0.15, 0.2) is 40.9 Å². The summed E-state index contributed by atoms with van der Waals surface area (Å²) in [5, 5.41) is 3.07. The van der Waals surface area contributed by atoms with Crippen molar-refractivity contribution in [2.24, 2.45) is 0 Å². The number of halogens is 2. The van der Waals surface area contributed by atoms with E-state index in [0.717, 1.165) is 4.47 Å². The van der Waals surface area contributed by atoms with Crippen LogP contribution in [0, 0.1) is 0 Å². The van der Waals surface area contributed by atoms with Gasteiger partial charge in [0.1, 0.15) is 13.2 Å². The molecule has 1 N–H and O–H groups in total. The summed E-state index contributed by atoms with van der Waals surface area (Å²) >= 11 is 9.48. The van der Waals surface area contributed by atoms with Crippen molar-refractivity contribution >= 4 is 44.9 Å². The summed E-state index contributed by atoms with van der Waals surface area (Å²) in [5.74, 6) is 0.719. The van der Waals surface area contributed by atoms with Crippen molar-refractivity contribution in [2.75, 3.05) is 18.5 Å². The maximum Gasteiger partial charge on any atom is 0.224 e. The van der Waals surface area contributed by atoms with E-state index in [9.17, 15) is 9.59 Å². The first-order chi connectivity index (χ1) is 12.0. The van der Waals surface area contributed by atoms with Crippen molar-refractivity contribution in [3.63, 3.8) is 0 Å². The number of Topliss-reactive ketones (excluding diaryl/α,β-unsaturated/α-hetero) is 1. The molecule has 0 unspecified atom stereocenters. The molecule has 0 atom stereocenters. The molecule has 1 amide bonds. The Kier molecular flexibility index (Phi) is 5.60. The second kappa shape index (κ2) is 7.89. The Morgan fingerprint density at radius 1 is 1.04 bits per heavy atom. The molecule has 7 heteroatoms. The average Bonchev–Trinajstić information content (AvgIpc) is 2.61. The van der Waals surface area contributed by atoms with Crippen LogP contribution in [0.1, 0.15) is 23.2 Å². The van der Waals surface area contributed by atoms with E-state index in [4.69, 9.17) is 21.1 Å². The van der Waals surface area contributed by atoms with E-state index in [-0.39, 0.29) is 24.5 Å². The maximum absolute atomic E-state index is 12.1. The van der Waals surface area contributed by atoms with E-state index in [0.29, 0.717) is 41.0 Å². The Bertz CT molecular complexity index is 807. The number of ketones is 1. The highest BCUT2D eigenvalue weighted by molar-refractivity contribution is 9.10. The van der Waals surface area contributed by atoms with Gasteiger partial charge in [0.05, 0.1) is 10.7 Å². The van der Waals surface area contributed by atoms with Gasteiger partial charge in [-0.1, -0.05) is 39.7 Å². The van der Waals surface area contributed by atoms with Crippen LogP contribution in [0.3, 0.4) is 0 Å². The smallest absolute Gasteiger partial charge is 0.224 e. The van der Waals surface area contributed by atoms with Crippen LogP contribution in [0.2, 0.25) is 5.02 Å². The van der Waals surface area contributed by atoms with Gasteiger partial charge in [-0.25, -0.2) is 0 Å². The van der Waals surface area contributed by atoms with E-state index in [1.165, 1.54) is 0 Å². The van der Waals surface area contributed by atoms with Gasteiger partial charge in [0.2, 0.25) is 5.91 Å². The molecule has 0 saturated heterocycles. The van der Waals surface area contributed by atoms with Crippen molar-refractivity contribution in [2.45, 2.75) is 12.8 Å². The first-order valence-electron chi connectivity index (χ1n) is 7.70. The van der Waals surface area contributed by atoms with Crippen LogP contribution in [0.4, 0.5) is 5.69 Å². The number of hydrogen-bond acceptors (Lipinski definition) is 4. The SMILES string of the molecule is O=C(CCC(=O)c1ccc(Br)cc1)Nc1cc2c(cc1Cl)OCCO2. The molecular formula is C18H15BrClNO4. The largest absolute Gasteiger partial charge is 0.486 e. The highest BCUT2D eigenvalue weighted by Crippen LogP contribution is 2.38.